The van der Waals surface area contributed by atoms with Gasteiger partial charge in [0.15, 0.2) is 0 Å². The highest BCUT2D eigenvalue weighted by Crippen LogP contribution is 2.15. The Balaban J connectivity index is 1.79. The van der Waals surface area contributed by atoms with Gasteiger partial charge < -0.3 is 9.47 Å². The van der Waals surface area contributed by atoms with Crippen LogP contribution in [0.15, 0.2) is 0 Å². The Labute approximate surface area is 73.6 Å². The van der Waals surface area contributed by atoms with E-state index in [1.165, 1.54) is 0 Å². The first-order chi connectivity index (χ1) is 5.74. The molecule has 0 unspecified atom stereocenters. The molecule has 0 aliphatic carbocycles. The summed E-state index contributed by atoms with van der Waals surface area (Å²) in [5, 5.41) is 0. The van der Waals surface area contributed by atoms with Crippen molar-refractivity contribution in [2.75, 3.05) is 26.2 Å². The van der Waals surface area contributed by atoms with Crippen LogP contribution in [-0.2, 0) is 9.47 Å². The molecule has 0 radical (unpaired) electrons. The summed E-state index contributed by atoms with van der Waals surface area (Å²) < 4.78 is 10.8. The lowest BCUT2D eigenvalue weighted by Gasteiger charge is -2.34. The average Bonchev–Trinajstić information content (AvgIpc) is 2.68. The van der Waals surface area contributed by atoms with Gasteiger partial charge in [0.05, 0.1) is 24.9 Å². The minimum Gasteiger partial charge on any atom is -0.373 e. The van der Waals surface area contributed by atoms with Crippen molar-refractivity contribution in [3.05, 3.63) is 0 Å². The van der Waals surface area contributed by atoms with E-state index in [0.29, 0.717) is 18.3 Å². The van der Waals surface area contributed by atoms with Gasteiger partial charge in [-0.25, -0.2) is 0 Å². The molecule has 2 aliphatic heterocycles. The summed E-state index contributed by atoms with van der Waals surface area (Å²) in [7, 11) is 0. The highest BCUT2D eigenvalue weighted by Gasteiger charge is 2.29. The molecule has 0 aromatic carbocycles. The zero-order chi connectivity index (χ0) is 8.55. The Hall–Kier alpha value is -0.120. The van der Waals surface area contributed by atoms with E-state index >= 15 is 0 Å². The van der Waals surface area contributed by atoms with Crippen LogP contribution in [0.3, 0.4) is 0 Å². The molecule has 0 N–H and O–H groups in total. The first kappa shape index (κ1) is 8.48. The Morgan fingerprint density at radius 3 is 2.33 bits per heavy atom. The summed E-state index contributed by atoms with van der Waals surface area (Å²) in [6.07, 6.45) is 1.28. The zero-order valence-corrected chi connectivity index (χ0v) is 7.82. The second-order valence-corrected chi connectivity index (χ2v) is 3.93. The smallest absolute Gasteiger partial charge is 0.0936 e. The summed E-state index contributed by atoms with van der Waals surface area (Å²) >= 11 is 0. The van der Waals surface area contributed by atoms with Crippen LogP contribution in [0.5, 0.6) is 0 Å². The van der Waals surface area contributed by atoms with Crippen LogP contribution < -0.4 is 0 Å². The van der Waals surface area contributed by atoms with Gasteiger partial charge in [-0.15, -0.1) is 0 Å². The van der Waals surface area contributed by atoms with E-state index in [2.05, 4.69) is 18.7 Å². The number of rotatable bonds is 2. The normalized spacial score (nSPS) is 43.0. The van der Waals surface area contributed by atoms with Gasteiger partial charge in [-0.1, -0.05) is 0 Å². The monoisotopic (exact) mass is 171 g/mol. The molecule has 0 spiro atoms. The highest BCUT2D eigenvalue weighted by molar-refractivity contribution is 4.79. The fourth-order valence-corrected chi connectivity index (χ4v) is 1.89. The number of hydrogen-bond acceptors (Lipinski definition) is 3. The Bertz CT molecular complexity index is 146. The Morgan fingerprint density at radius 2 is 1.83 bits per heavy atom. The summed E-state index contributed by atoms with van der Waals surface area (Å²) in [5.41, 5.74) is 0. The van der Waals surface area contributed by atoms with E-state index in [0.717, 1.165) is 26.2 Å². The van der Waals surface area contributed by atoms with Crippen LogP contribution in [-0.4, -0.2) is 49.5 Å². The molecule has 3 heteroatoms. The Kier molecular flexibility index (Phi) is 2.35. The van der Waals surface area contributed by atoms with Crippen LogP contribution in [0.4, 0.5) is 0 Å². The molecule has 70 valence electrons. The van der Waals surface area contributed by atoms with E-state index in [1.807, 2.05) is 0 Å². The second kappa shape index (κ2) is 3.32. The van der Waals surface area contributed by atoms with Crippen molar-refractivity contribution in [3.8, 4) is 0 Å². The second-order valence-electron chi connectivity index (χ2n) is 3.93. The number of ether oxygens (including phenoxy) is 2. The fraction of sp³-hybridized carbons (Fsp3) is 1.00. The minimum atomic E-state index is 0.382. The van der Waals surface area contributed by atoms with Gasteiger partial charge in [-0.3, -0.25) is 4.90 Å². The van der Waals surface area contributed by atoms with Crippen molar-refractivity contribution in [2.24, 2.45) is 0 Å². The van der Waals surface area contributed by atoms with Gasteiger partial charge in [0.1, 0.15) is 0 Å². The molecule has 0 amide bonds. The highest BCUT2D eigenvalue weighted by atomic mass is 16.6. The average molecular weight is 171 g/mol. The number of morpholine rings is 1. The zero-order valence-electron chi connectivity index (χ0n) is 7.82. The lowest BCUT2D eigenvalue weighted by Crippen LogP contribution is -2.46. The molecule has 3 atom stereocenters. The van der Waals surface area contributed by atoms with Gasteiger partial charge in [-0.2, -0.15) is 0 Å². The molecular weight excluding hydrogens is 154 g/mol. The molecule has 2 aliphatic rings. The van der Waals surface area contributed by atoms with E-state index in [1.54, 1.807) is 0 Å². The van der Waals surface area contributed by atoms with Crippen molar-refractivity contribution in [2.45, 2.75) is 32.2 Å². The standard InChI is InChI=1S/C9H17NO2/c1-7-3-10(4-8(2)12-7)5-9-6-11-9/h7-9H,3-6H2,1-2H3/t7-,8-,9-/m1/s1. The quantitative estimate of drug-likeness (QED) is 0.565. The van der Waals surface area contributed by atoms with Crippen molar-refractivity contribution in [1.82, 2.24) is 4.90 Å². The molecule has 12 heavy (non-hydrogen) atoms. The molecular formula is C9H17NO2. The van der Waals surface area contributed by atoms with Crippen LogP contribution in [0, 0.1) is 0 Å². The predicted octanol–water partition coefficient (Wildman–Crippen LogP) is 0.494. The third kappa shape index (κ3) is 2.19. The molecule has 3 nitrogen and oxygen atoms in total. The van der Waals surface area contributed by atoms with E-state index in [-0.39, 0.29) is 0 Å². The maximum absolute atomic E-state index is 5.64. The molecule has 0 bridgehead atoms. The van der Waals surface area contributed by atoms with Crippen LogP contribution in [0.1, 0.15) is 13.8 Å². The van der Waals surface area contributed by atoms with Crippen molar-refractivity contribution in [3.63, 3.8) is 0 Å². The molecule has 2 heterocycles. The van der Waals surface area contributed by atoms with Gasteiger partial charge in [0.2, 0.25) is 0 Å². The lowest BCUT2D eigenvalue weighted by molar-refractivity contribution is -0.0690. The van der Waals surface area contributed by atoms with Crippen LogP contribution >= 0.6 is 0 Å². The first-order valence-electron chi connectivity index (χ1n) is 4.73. The SMILES string of the molecule is C[C@@H]1CN(C[C@@H]2CO2)C[C@@H](C)O1. The first-order valence-corrected chi connectivity index (χ1v) is 4.73. The number of hydrogen-bond donors (Lipinski definition) is 0. The maximum Gasteiger partial charge on any atom is 0.0936 e. The molecule has 2 rings (SSSR count). The third-order valence-electron chi connectivity index (χ3n) is 2.36. The lowest BCUT2D eigenvalue weighted by atomic mass is 10.2. The summed E-state index contributed by atoms with van der Waals surface area (Å²) in [4.78, 5) is 2.44. The number of nitrogens with zero attached hydrogens (tertiary/aromatic N) is 1. The van der Waals surface area contributed by atoms with E-state index in [9.17, 15) is 0 Å². The van der Waals surface area contributed by atoms with Crippen LogP contribution in [0.2, 0.25) is 0 Å². The maximum atomic E-state index is 5.64. The van der Waals surface area contributed by atoms with Gasteiger partial charge in [0, 0.05) is 19.6 Å². The van der Waals surface area contributed by atoms with Gasteiger partial charge in [0.25, 0.3) is 0 Å². The fourth-order valence-electron chi connectivity index (χ4n) is 1.89. The molecule has 2 saturated heterocycles. The summed E-state index contributed by atoms with van der Waals surface area (Å²) in [6, 6.07) is 0. The largest absolute Gasteiger partial charge is 0.373 e. The minimum absolute atomic E-state index is 0.382. The van der Waals surface area contributed by atoms with Crippen molar-refractivity contribution < 1.29 is 9.47 Å². The van der Waals surface area contributed by atoms with E-state index < -0.39 is 0 Å². The van der Waals surface area contributed by atoms with E-state index in [4.69, 9.17) is 9.47 Å². The topological polar surface area (TPSA) is 25.0 Å². The molecule has 0 aromatic heterocycles. The van der Waals surface area contributed by atoms with Gasteiger partial charge >= 0.3 is 0 Å². The molecule has 2 fully saturated rings. The summed E-state index contributed by atoms with van der Waals surface area (Å²) in [5.74, 6) is 0. The Morgan fingerprint density at radius 1 is 1.25 bits per heavy atom. The molecule has 0 aromatic rings. The molecule has 0 saturated carbocycles. The van der Waals surface area contributed by atoms with Crippen molar-refractivity contribution >= 4 is 0 Å². The number of epoxide rings is 1. The van der Waals surface area contributed by atoms with Gasteiger partial charge in [-0.05, 0) is 13.8 Å². The predicted molar refractivity (Wildman–Crippen MR) is 46.2 cm³/mol. The van der Waals surface area contributed by atoms with Crippen LogP contribution in [0.25, 0.3) is 0 Å². The third-order valence-corrected chi connectivity index (χ3v) is 2.36. The van der Waals surface area contributed by atoms with Crippen molar-refractivity contribution in [1.29, 1.82) is 0 Å². The summed E-state index contributed by atoms with van der Waals surface area (Å²) in [6.45, 7) is 8.44.